The maximum absolute atomic E-state index is 13.8. The second-order valence-electron chi connectivity index (χ2n) is 4.94. The van der Waals surface area contributed by atoms with E-state index in [0.717, 1.165) is 5.56 Å². The van der Waals surface area contributed by atoms with Gasteiger partial charge in [-0.1, -0.05) is 23.9 Å². The SMILES string of the molecule is C=CCn1c(SCc2c(F)cccc2F)nnc1-c1cccnc1. The van der Waals surface area contributed by atoms with Crippen molar-refractivity contribution in [3.63, 3.8) is 0 Å². The van der Waals surface area contributed by atoms with Gasteiger partial charge in [-0.2, -0.15) is 0 Å². The van der Waals surface area contributed by atoms with Crippen molar-refractivity contribution in [2.24, 2.45) is 0 Å². The summed E-state index contributed by atoms with van der Waals surface area (Å²) < 4.78 is 29.3. The van der Waals surface area contributed by atoms with E-state index in [2.05, 4.69) is 21.8 Å². The summed E-state index contributed by atoms with van der Waals surface area (Å²) in [6, 6.07) is 7.52. The third kappa shape index (κ3) is 3.35. The molecule has 0 unspecified atom stereocenters. The summed E-state index contributed by atoms with van der Waals surface area (Å²) >= 11 is 1.23. The van der Waals surface area contributed by atoms with E-state index >= 15 is 0 Å². The van der Waals surface area contributed by atoms with E-state index in [0.29, 0.717) is 17.5 Å². The first kappa shape index (κ1) is 16.3. The van der Waals surface area contributed by atoms with E-state index in [9.17, 15) is 8.78 Å². The van der Waals surface area contributed by atoms with Gasteiger partial charge in [0.15, 0.2) is 11.0 Å². The molecule has 0 saturated heterocycles. The summed E-state index contributed by atoms with van der Waals surface area (Å²) in [4.78, 5) is 4.08. The maximum Gasteiger partial charge on any atom is 0.192 e. The summed E-state index contributed by atoms with van der Waals surface area (Å²) in [7, 11) is 0. The molecule has 0 aliphatic heterocycles. The highest BCUT2D eigenvalue weighted by Crippen LogP contribution is 2.27. The van der Waals surface area contributed by atoms with Crippen LogP contribution in [-0.4, -0.2) is 19.7 Å². The van der Waals surface area contributed by atoms with Gasteiger partial charge in [0.1, 0.15) is 11.6 Å². The van der Waals surface area contributed by atoms with E-state index in [-0.39, 0.29) is 11.3 Å². The van der Waals surface area contributed by atoms with Crippen LogP contribution in [0.15, 0.2) is 60.5 Å². The zero-order valence-electron chi connectivity index (χ0n) is 12.7. The fourth-order valence-corrected chi connectivity index (χ4v) is 3.17. The number of allylic oxidation sites excluding steroid dienone is 1. The lowest BCUT2D eigenvalue weighted by molar-refractivity contribution is 0.566. The first-order valence-corrected chi connectivity index (χ1v) is 8.19. The molecular weight excluding hydrogens is 330 g/mol. The molecule has 24 heavy (non-hydrogen) atoms. The number of hydrogen-bond donors (Lipinski definition) is 0. The molecule has 0 aliphatic rings. The van der Waals surface area contributed by atoms with Crippen molar-refractivity contribution in [2.45, 2.75) is 17.5 Å². The zero-order valence-corrected chi connectivity index (χ0v) is 13.5. The van der Waals surface area contributed by atoms with Gasteiger partial charge in [0, 0.05) is 35.8 Å². The summed E-state index contributed by atoms with van der Waals surface area (Å²) in [5.74, 6) is -0.366. The highest BCUT2D eigenvalue weighted by atomic mass is 32.2. The Morgan fingerprint density at radius 2 is 1.92 bits per heavy atom. The van der Waals surface area contributed by atoms with Crippen molar-refractivity contribution in [2.75, 3.05) is 0 Å². The fraction of sp³-hybridized carbons (Fsp3) is 0.118. The van der Waals surface area contributed by atoms with Gasteiger partial charge < -0.3 is 0 Å². The van der Waals surface area contributed by atoms with Crippen molar-refractivity contribution < 1.29 is 8.78 Å². The summed E-state index contributed by atoms with van der Waals surface area (Å²) in [6.07, 6.45) is 5.08. The molecule has 0 N–H and O–H groups in total. The molecule has 7 heteroatoms. The van der Waals surface area contributed by atoms with Crippen LogP contribution >= 0.6 is 11.8 Å². The maximum atomic E-state index is 13.8. The molecule has 3 rings (SSSR count). The number of pyridine rings is 1. The Hall–Kier alpha value is -2.54. The predicted octanol–water partition coefficient (Wildman–Crippen LogP) is 4.10. The van der Waals surface area contributed by atoms with Crippen LogP contribution in [0.5, 0.6) is 0 Å². The monoisotopic (exact) mass is 344 g/mol. The van der Waals surface area contributed by atoms with Crippen LogP contribution in [0.4, 0.5) is 8.78 Å². The number of thioether (sulfide) groups is 1. The summed E-state index contributed by atoms with van der Waals surface area (Å²) in [5.41, 5.74) is 0.842. The molecular formula is C17H14F2N4S. The third-order valence-electron chi connectivity index (χ3n) is 3.36. The second kappa shape index (κ2) is 7.35. The topological polar surface area (TPSA) is 43.6 Å². The highest BCUT2D eigenvalue weighted by molar-refractivity contribution is 7.98. The Morgan fingerprint density at radius 1 is 1.12 bits per heavy atom. The van der Waals surface area contributed by atoms with E-state index in [1.807, 2.05) is 16.7 Å². The third-order valence-corrected chi connectivity index (χ3v) is 4.35. The minimum atomic E-state index is -0.565. The number of hydrogen-bond acceptors (Lipinski definition) is 4. The molecule has 122 valence electrons. The van der Waals surface area contributed by atoms with Crippen LogP contribution < -0.4 is 0 Å². The van der Waals surface area contributed by atoms with Crippen molar-refractivity contribution in [3.05, 3.63) is 72.6 Å². The molecule has 1 aromatic carbocycles. The number of benzene rings is 1. The normalized spacial score (nSPS) is 10.8. The summed E-state index contributed by atoms with van der Waals surface area (Å²) in [5, 5.41) is 8.89. The van der Waals surface area contributed by atoms with Crippen LogP contribution in [0, 0.1) is 11.6 Å². The minimum absolute atomic E-state index is 0.0265. The first-order valence-electron chi connectivity index (χ1n) is 7.21. The molecule has 3 aromatic rings. The Morgan fingerprint density at radius 3 is 2.58 bits per heavy atom. The molecule has 2 heterocycles. The van der Waals surface area contributed by atoms with Gasteiger partial charge >= 0.3 is 0 Å². The van der Waals surface area contributed by atoms with Crippen LogP contribution in [0.3, 0.4) is 0 Å². The molecule has 0 amide bonds. The van der Waals surface area contributed by atoms with Gasteiger partial charge in [-0.05, 0) is 24.3 Å². The molecule has 0 spiro atoms. The number of aromatic nitrogens is 4. The number of halogens is 2. The van der Waals surface area contributed by atoms with Gasteiger partial charge in [0.2, 0.25) is 0 Å². The van der Waals surface area contributed by atoms with Gasteiger partial charge in [0.25, 0.3) is 0 Å². The Bertz CT molecular complexity index is 829. The molecule has 0 radical (unpaired) electrons. The minimum Gasteiger partial charge on any atom is -0.298 e. The lowest BCUT2D eigenvalue weighted by Gasteiger charge is -2.08. The van der Waals surface area contributed by atoms with Gasteiger partial charge in [-0.25, -0.2) is 8.78 Å². The number of rotatable bonds is 6. The van der Waals surface area contributed by atoms with E-state index in [1.165, 1.54) is 30.0 Å². The second-order valence-corrected chi connectivity index (χ2v) is 5.88. The molecule has 4 nitrogen and oxygen atoms in total. The van der Waals surface area contributed by atoms with E-state index in [4.69, 9.17) is 0 Å². The average Bonchev–Trinajstić information content (AvgIpc) is 2.98. The summed E-state index contributed by atoms with van der Waals surface area (Å²) in [6.45, 7) is 4.22. The Kier molecular flexibility index (Phi) is 5.00. The Labute approximate surface area is 142 Å². The average molecular weight is 344 g/mol. The van der Waals surface area contributed by atoms with Crippen molar-refractivity contribution in [3.8, 4) is 11.4 Å². The smallest absolute Gasteiger partial charge is 0.192 e. The Balaban J connectivity index is 1.89. The molecule has 0 aliphatic carbocycles. The van der Waals surface area contributed by atoms with Gasteiger partial charge in [-0.3, -0.25) is 9.55 Å². The zero-order chi connectivity index (χ0) is 16.9. The molecule has 2 aromatic heterocycles. The van der Waals surface area contributed by atoms with Crippen LogP contribution in [0.1, 0.15) is 5.56 Å². The highest BCUT2D eigenvalue weighted by Gasteiger charge is 2.16. The van der Waals surface area contributed by atoms with E-state index < -0.39 is 11.6 Å². The molecule has 0 atom stereocenters. The van der Waals surface area contributed by atoms with Crippen molar-refractivity contribution in [1.82, 2.24) is 19.7 Å². The quantitative estimate of drug-likeness (QED) is 0.499. The van der Waals surface area contributed by atoms with Crippen molar-refractivity contribution >= 4 is 11.8 Å². The van der Waals surface area contributed by atoms with Gasteiger partial charge in [-0.15, -0.1) is 16.8 Å². The van der Waals surface area contributed by atoms with Crippen LogP contribution in [0.25, 0.3) is 11.4 Å². The standard InChI is InChI=1S/C17H14F2N4S/c1-2-9-23-16(12-5-4-8-20-10-12)21-22-17(23)24-11-13-14(18)6-3-7-15(13)19/h2-8,10H,1,9,11H2. The predicted molar refractivity (Wildman–Crippen MR) is 89.4 cm³/mol. The van der Waals surface area contributed by atoms with Gasteiger partial charge in [0.05, 0.1) is 0 Å². The fourth-order valence-electron chi connectivity index (χ4n) is 2.20. The lowest BCUT2D eigenvalue weighted by Crippen LogP contribution is -2.01. The van der Waals surface area contributed by atoms with Crippen LogP contribution in [0.2, 0.25) is 0 Å². The van der Waals surface area contributed by atoms with Crippen molar-refractivity contribution in [1.29, 1.82) is 0 Å². The molecule has 0 fully saturated rings. The molecule has 0 bridgehead atoms. The first-order chi connectivity index (χ1) is 11.7. The lowest BCUT2D eigenvalue weighted by atomic mass is 10.2. The van der Waals surface area contributed by atoms with Crippen LogP contribution in [-0.2, 0) is 12.3 Å². The van der Waals surface area contributed by atoms with E-state index in [1.54, 1.807) is 18.5 Å². The molecule has 0 saturated carbocycles. The number of nitrogens with zero attached hydrogens (tertiary/aromatic N) is 4. The largest absolute Gasteiger partial charge is 0.298 e.